The molecule has 0 heterocycles. The van der Waals surface area contributed by atoms with Crippen LogP contribution in [0.1, 0.15) is 0 Å². The molecular formula is C13H18F3NO3. The average Bonchev–Trinajstić information content (AvgIpc) is 2.41. The summed E-state index contributed by atoms with van der Waals surface area (Å²) in [4.78, 5) is 0. The fourth-order valence-corrected chi connectivity index (χ4v) is 1.39. The van der Waals surface area contributed by atoms with Crippen molar-refractivity contribution in [2.45, 2.75) is 12.5 Å². The van der Waals surface area contributed by atoms with E-state index in [0.717, 1.165) is 0 Å². The van der Waals surface area contributed by atoms with E-state index in [0.29, 0.717) is 6.54 Å². The van der Waals surface area contributed by atoms with Gasteiger partial charge in [0.2, 0.25) is 0 Å². The van der Waals surface area contributed by atoms with Crippen LogP contribution in [0.3, 0.4) is 0 Å². The van der Waals surface area contributed by atoms with Crippen LogP contribution in [0.5, 0.6) is 5.75 Å². The fraction of sp³-hybridized carbons (Fsp3) is 0.538. The molecule has 0 amide bonds. The maximum atomic E-state index is 13.2. The summed E-state index contributed by atoms with van der Waals surface area (Å²) in [7, 11) is 0. The molecule has 2 N–H and O–H groups in total. The predicted octanol–water partition coefficient (Wildman–Crippen LogP) is 1.44. The highest BCUT2D eigenvalue weighted by Crippen LogP contribution is 2.15. The molecule has 1 aromatic rings. The Balaban J connectivity index is 2.06. The SMILES string of the molecule is OC(CNCCOCC(F)F)COc1ccccc1F. The smallest absolute Gasteiger partial charge is 0.261 e. The Kier molecular flexibility index (Phi) is 8.01. The van der Waals surface area contributed by atoms with E-state index in [9.17, 15) is 18.3 Å². The number of hydrogen-bond donors (Lipinski definition) is 2. The molecule has 1 rings (SSSR count). The second-order valence-electron chi connectivity index (χ2n) is 4.07. The topological polar surface area (TPSA) is 50.7 Å². The lowest BCUT2D eigenvalue weighted by atomic mass is 10.3. The molecule has 0 fully saturated rings. The van der Waals surface area contributed by atoms with Crippen molar-refractivity contribution in [3.05, 3.63) is 30.1 Å². The number of para-hydroxylation sites is 1. The predicted molar refractivity (Wildman–Crippen MR) is 67.6 cm³/mol. The Morgan fingerprint density at radius 1 is 1.20 bits per heavy atom. The summed E-state index contributed by atoms with van der Waals surface area (Å²) in [5.41, 5.74) is 0. The van der Waals surface area contributed by atoms with Crippen LogP contribution in [-0.4, -0.2) is 50.5 Å². The highest BCUT2D eigenvalue weighted by molar-refractivity contribution is 5.23. The van der Waals surface area contributed by atoms with Gasteiger partial charge in [-0.3, -0.25) is 0 Å². The number of hydrogen-bond acceptors (Lipinski definition) is 4. The molecule has 0 aromatic heterocycles. The molecule has 4 nitrogen and oxygen atoms in total. The van der Waals surface area contributed by atoms with Crippen molar-refractivity contribution in [2.24, 2.45) is 0 Å². The molecule has 20 heavy (non-hydrogen) atoms. The minimum atomic E-state index is -2.48. The van der Waals surface area contributed by atoms with Gasteiger partial charge in [-0.15, -0.1) is 0 Å². The van der Waals surface area contributed by atoms with Crippen LogP contribution in [0, 0.1) is 5.82 Å². The Hall–Kier alpha value is -1.31. The number of alkyl halides is 2. The van der Waals surface area contributed by atoms with Crippen molar-refractivity contribution in [1.29, 1.82) is 0 Å². The summed E-state index contributed by atoms with van der Waals surface area (Å²) in [6, 6.07) is 5.90. The quantitative estimate of drug-likeness (QED) is 0.641. The van der Waals surface area contributed by atoms with Gasteiger partial charge in [-0.2, -0.15) is 0 Å². The van der Waals surface area contributed by atoms with Crippen molar-refractivity contribution >= 4 is 0 Å². The third-order valence-corrected chi connectivity index (χ3v) is 2.31. The second kappa shape index (κ2) is 9.57. The van der Waals surface area contributed by atoms with Gasteiger partial charge in [-0.05, 0) is 12.1 Å². The number of ether oxygens (including phenoxy) is 2. The van der Waals surface area contributed by atoms with E-state index >= 15 is 0 Å². The molecule has 0 saturated carbocycles. The molecule has 0 radical (unpaired) electrons. The van der Waals surface area contributed by atoms with E-state index in [2.05, 4.69) is 10.1 Å². The van der Waals surface area contributed by atoms with Crippen LogP contribution < -0.4 is 10.1 Å². The molecule has 0 spiro atoms. The van der Waals surface area contributed by atoms with Crippen molar-refractivity contribution in [3.63, 3.8) is 0 Å². The molecule has 1 aromatic carbocycles. The van der Waals surface area contributed by atoms with Crippen molar-refractivity contribution in [1.82, 2.24) is 5.32 Å². The maximum absolute atomic E-state index is 13.2. The number of halogens is 3. The largest absolute Gasteiger partial charge is 0.488 e. The molecule has 0 aliphatic heterocycles. The first-order chi connectivity index (χ1) is 9.59. The van der Waals surface area contributed by atoms with Crippen molar-refractivity contribution in [2.75, 3.05) is 32.9 Å². The number of aliphatic hydroxyl groups is 1. The Morgan fingerprint density at radius 2 is 1.95 bits per heavy atom. The molecule has 0 saturated heterocycles. The Labute approximate surface area is 115 Å². The number of benzene rings is 1. The van der Waals surface area contributed by atoms with E-state index in [4.69, 9.17) is 4.74 Å². The van der Waals surface area contributed by atoms with Crippen molar-refractivity contribution < 1.29 is 27.8 Å². The van der Waals surface area contributed by atoms with E-state index in [1.807, 2.05) is 0 Å². The summed E-state index contributed by atoms with van der Waals surface area (Å²) < 4.78 is 46.4. The summed E-state index contributed by atoms with van der Waals surface area (Å²) in [5, 5.41) is 12.4. The number of rotatable bonds is 10. The van der Waals surface area contributed by atoms with Crippen molar-refractivity contribution in [3.8, 4) is 5.75 Å². The zero-order valence-electron chi connectivity index (χ0n) is 10.9. The van der Waals surface area contributed by atoms with Gasteiger partial charge in [0.25, 0.3) is 6.43 Å². The lowest BCUT2D eigenvalue weighted by Gasteiger charge is -2.13. The van der Waals surface area contributed by atoms with Gasteiger partial charge < -0.3 is 19.9 Å². The van der Waals surface area contributed by atoms with Gasteiger partial charge in [0, 0.05) is 13.1 Å². The van der Waals surface area contributed by atoms with Crippen LogP contribution >= 0.6 is 0 Å². The molecular weight excluding hydrogens is 275 g/mol. The maximum Gasteiger partial charge on any atom is 0.261 e. The third kappa shape index (κ3) is 7.32. The third-order valence-electron chi connectivity index (χ3n) is 2.31. The zero-order chi connectivity index (χ0) is 14.8. The Bertz CT molecular complexity index is 380. The first-order valence-corrected chi connectivity index (χ1v) is 6.21. The minimum Gasteiger partial charge on any atom is -0.488 e. The summed E-state index contributed by atoms with van der Waals surface area (Å²) in [5.74, 6) is -0.417. The minimum absolute atomic E-state index is 0.0637. The normalized spacial score (nSPS) is 12.7. The van der Waals surface area contributed by atoms with Gasteiger partial charge in [0.1, 0.15) is 19.3 Å². The van der Waals surface area contributed by atoms with Crippen LogP contribution in [0.15, 0.2) is 24.3 Å². The first kappa shape index (κ1) is 16.7. The highest BCUT2D eigenvalue weighted by Gasteiger charge is 2.07. The van der Waals surface area contributed by atoms with Gasteiger partial charge in [0.15, 0.2) is 11.6 Å². The van der Waals surface area contributed by atoms with Gasteiger partial charge in [0.05, 0.1) is 6.61 Å². The van der Waals surface area contributed by atoms with Crippen LogP contribution in [-0.2, 0) is 4.74 Å². The summed E-state index contributed by atoms with van der Waals surface area (Å²) in [6.07, 6.45) is -3.31. The standard InChI is InChI=1S/C13H18F3NO3/c14-11-3-1-2-4-12(11)20-8-10(18)7-17-5-6-19-9-13(15)16/h1-4,10,13,17-18H,5-9H2. The van der Waals surface area contributed by atoms with E-state index < -0.39 is 25.0 Å². The van der Waals surface area contributed by atoms with E-state index in [1.165, 1.54) is 12.1 Å². The lowest BCUT2D eigenvalue weighted by molar-refractivity contribution is 0.0176. The molecule has 0 aliphatic rings. The van der Waals surface area contributed by atoms with Crippen LogP contribution in [0.4, 0.5) is 13.2 Å². The second-order valence-corrected chi connectivity index (χ2v) is 4.07. The Morgan fingerprint density at radius 3 is 2.65 bits per heavy atom. The molecule has 1 atom stereocenters. The molecule has 114 valence electrons. The van der Waals surface area contributed by atoms with Crippen LogP contribution in [0.2, 0.25) is 0 Å². The lowest BCUT2D eigenvalue weighted by Crippen LogP contribution is -2.33. The zero-order valence-corrected chi connectivity index (χ0v) is 10.9. The van der Waals surface area contributed by atoms with Crippen LogP contribution in [0.25, 0.3) is 0 Å². The molecule has 0 aliphatic carbocycles. The molecule has 0 bridgehead atoms. The molecule has 7 heteroatoms. The summed E-state index contributed by atoms with van der Waals surface area (Å²) in [6.45, 7) is 0.00759. The summed E-state index contributed by atoms with van der Waals surface area (Å²) >= 11 is 0. The van der Waals surface area contributed by atoms with Gasteiger partial charge in [-0.25, -0.2) is 13.2 Å². The fourth-order valence-electron chi connectivity index (χ4n) is 1.39. The number of aliphatic hydroxyl groups excluding tert-OH is 1. The van der Waals surface area contributed by atoms with Gasteiger partial charge >= 0.3 is 0 Å². The number of nitrogens with one attached hydrogen (secondary N) is 1. The average molecular weight is 293 g/mol. The van der Waals surface area contributed by atoms with Gasteiger partial charge in [-0.1, -0.05) is 12.1 Å². The van der Waals surface area contributed by atoms with E-state index in [-0.39, 0.29) is 25.5 Å². The highest BCUT2D eigenvalue weighted by atomic mass is 19.3. The monoisotopic (exact) mass is 293 g/mol. The van der Waals surface area contributed by atoms with E-state index in [1.54, 1.807) is 12.1 Å². The first-order valence-electron chi connectivity index (χ1n) is 6.21. The molecule has 1 unspecified atom stereocenters.